The van der Waals surface area contributed by atoms with Crippen LogP contribution >= 0.6 is 0 Å². The van der Waals surface area contributed by atoms with Crippen LogP contribution in [-0.2, 0) is 12.8 Å². The first-order valence-corrected chi connectivity index (χ1v) is 6.51. The zero-order chi connectivity index (χ0) is 13.8. The Kier molecular flexibility index (Phi) is 3.50. The van der Waals surface area contributed by atoms with Crippen molar-refractivity contribution in [2.45, 2.75) is 12.8 Å². The molecular weight excluding hydrogens is 252 g/mol. The summed E-state index contributed by atoms with van der Waals surface area (Å²) in [5.74, 6) is 0.936. The number of fused-ring (bicyclic) bond motifs is 1. The average Bonchev–Trinajstić information content (AvgIpc) is 2.99. The lowest BCUT2D eigenvalue weighted by Crippen LogP contribution is -2.00. The van der Waals surface area contributed by atoms with Crippen LogP contribution in [0.2, 0.25) is 0 Å². The number of allylic oxidation sites excluding steroid dienone is 2. The van der Waals surface area contributed by atoms with E-state index in [0.717, 1.165) is 29.6 Å². The van der Waals surface area contributed by atoms with E-state index in [1.165, 1.54) is 0 Å². The van der Waals surface area contributed by atoms with Gasteiger partial charge >= 0.3 is 5.63 Å². The van der Waals surface area contributed by atoms with E-state index in [2.05, 4.69) is 12.2 Å². The van der Waals surface area contributed by atoms with E-state index >= 15 is 0 Å². The van der Waals surface area contributed by atoms with Crippen LogP contribution in [0.5, 0.6) is 0 Å². The Hall–Kier alpha value is -2.55. The van der Waals surface area contributed by atoms with Crippen molar-refractivity contribution in [3.63, 3.8) is 0 Å². The maximum atomic E-state index is 11.6. The van der Waals surface area contributed by atoms with Crippen molar-refractivity contribution in [3.8, 4) is 0 Å². The molecule has 3 rings (SSSR count). The van der Waals surface area contributed by atoms with Gasteiger partial charge in [-0.15, -0.1) is 0 Å². The molecule has 0 aliphatic heterocycles. The zero-order valence-corrected chi connectivity index (χ0v) is 10.9. The minimum Gasteiger partial charge on any atom is -0.469 e. The first-order valence-electron chi connectivity index (χ1n) is 6.51. The molecule has 2 aromatic heterocycles. The molecular formula is C17H14O3. The Bertz CT molecular complexity index is 779. The third kappa shape index (κ3) is 2.57. The summed E-state index contributed by atoms with van der Waals surface area (Å²) in [7, 11) is 0. The van der Waals surface area contributed by atoms with E-state index in [1.54, 1.807) is 18.6 Å². The van der Waals surface area contributed by atoms with Gasteiger partial charge in [0.15, 0.2) is 0 Å². The van der Waals surface area contributed by atoms with Crippen molar-refractivity contribution < 1.29 is 8.83 Å². The second-order valence-electron chi connectivity index (χ2n) is 4.55. The maximum absolute atomic E-state index is 11.6. The molecule has 0 bridgehead atoms. The molecule has 3 aromatic rings. The van der Waals surface area contributed by atoms with E-state index in [4.69, 9.17) is 8.83 Å². The molecule has 0 fully saturated rings. The summed E-state index contributed by atoms with van der Waals surface area (Å²) in [6.45, 7) is 0. The highest BCUT2D eigenvalue weighted by molar-refractivity contribution is 5.84. The van der Waals surface area contributed by atoms with Gasteiger partial charge in [-0.1, -0.05) is 30.4 Å². The number of hydrogen-bond acceptors (Lipinski definition) is 3. The van der Waals surface area contributed by atoms with Crippen LogP contribution in [-0.4, -0.2) is 0 Å². The van der Waals surface area contributed by atoms with Crippen LogP contribution in [0.25, 0.3) is 10.8 Å². The summed E-state index contributed by atoms with van der Waals surface area (Å²) < 4.78 is 10.3. The quantitative estimate of drug-likeness (QED) is 0.676. The van der Waals surface area contributed by atoms with E-state index in [1.807, 2.05) is 30.3 Å². The second-order valence-corrected chi connectivity index (χ2v) is 4.55. The van der Waals surface area contributed by atoms with Gasteiger partial charge in [-0.2, -0.15) is 0 Å². The highest BCUT2D eigenvalue weighted by Gasteiger charge is 2.04. The largest absolute Gasteiger partial charge is 0.469 e. The highest BCUT2D eigenvalue weighted by atomic mass is 16.4. The lowest BCUT2D eigenvalue weighted by molar-refractivity contribution is 0.514. The summed E-state index contributed by atoms with van der Waals surface area (Å²) in [5.41, 5.74) is 0.722. The molecule has 0 saturated heterocycles. The lowest BCUT2D eigenvalue weighted by Gasteiger charge is -2.01. The third-order valence-corrected chi connectivity index (χ3v) is 3.20. The van der Waals surface area contributed by atoms with Crippen molar-refractivity contribution in [1.82, 2.24) is 0 Å². The van der Waals surface area contributed by atoms with Gasteiger partial charge in [-0.3, -0.25) is 0 Å². The van der Waals surface area contributed by atoms with Crippen molar-refractivity contribution in [1.29, 1.82) is 0 Å². The molecule has 0 aliphatic carbocycles. The number of furan rings is 1. The Morgan fingerprint density at radius 3 is 2.50 bits per heavy atom. The second kappa shape index (κ2) is 5.61. The molecule has 3 nitrogen and oxygen atoms in total. The van der Waals surface area contributed by atoms with Crippen LogP contribution in [0.3, 0.4) is 0 Å². The van der Waals surface area contributed by atoms with Gasteiger partial charge < -0.3 is 8.83 Å². The first-order chi connectivity index (χ1) is 9.84. The monoisotopic (exact) mass is 266 g/mol. The van der Waals surface area contributed by atoms with Crippen molar-refractivity contribution >= 4 is 10.8 Å². The summed E-state index contributed by atoms with van der Waals surface area (Å²) in [4.78, 5) is 11.6. The summed E-state index contributed by atoms with van der Waals surface area (Å²) >= 11 is 0. The summed E-state index contributed by atoms with van der Waals surface area (Å²) in [5, 5.41) is 1.58. The van der Waals surface area contributed by atoms with Crippen LogP contribution in [0.15, 0.2) is 74.7 Å². The zero-order valence-electron chi connectivity index (χ0n) is 10.9. The standard InChI is InChI=1S/C17H14O3/c18-17-16-10-4-3-9-15(16)13(12-20-17)6-1-2-7-14-8-5-11-19-14/h1-5,8-12H,6-7H2/b2-1+. The normalized spacial score (nSPS) is 11.4. The Morgan fingerprint density at radius 2 is 1.70 bits per heavy atom. The third-order valence-electron chi connectivity index (χ3n) is 3.20. The molecule has 0 atom stereocenters. The van der Waals surface area contributed by atoms with E-state index in [9.17, 15) is 4.79 Å². The Labute approximate surface area is 116 Å². The molecule has 20 heavy (non-hydrogen) atoms. The molecule has 0 aliphatic rings. The molecule has 0 radical (unpaired) electrons. The molecule has 0 N–H and O–H groups in total. The molecule has 100 valence electrons. The van der Waals surface area contributed by atoms with Crippen molar-refractivity contribution in [3.05, 3.63) is 82.8 Å². The van der Waals surface area contributed by atoms with Gasteiger partial charge in [-0.05, 0) is 35.6 Å². The van der Waals surface area contributed by atoms with Crippen molar-refractivity contribution in [2.75, 3.05) is 0 Å². The van der Waals surface area contributed by atoms with Gasteiger partial charge in [-0.25, -0.2) is 4.79 Å². The van der Waals surface area contributed by atoms with E-state index in [0.29, 0.717) is 5.39 Å². The van der Waals surface area contributed by atoms with Crippen LogP contribution in [0.1, 0.15) is 11.3 Å². The molecule has 0 saturated carbocycles. The first kappa shape index (κ1) is 12.5. The van der Waals surface area contributed by atoms with Gasteiger partial charge in [0.05, 0.1) is 17.9 Å². The maximum Gasteiger partial charge on any atom is 0.343 e. The van der Waals surface area contributed by atoms with Crippen molar-refractivity contribution in [2.24, 2.45) is 0 Å². The average molecular weight is 266 g/mol. The molecule has 1 aromatic carbocycles. The molecule has 2 heterocycles. The molecule has 0 unspecified atom stereocenters. The number of hydrogen-bond donors (Lipinski definition) is 0. The molecule has 0 amide bonds. The summed E-state index contributed by atoms with van der Waals surface area (Å²) in [6.07, 6.45) is 8.82. The lowest BCUT2D eigenvalue weighted by atomic mass is 10.1. The van der Waals surface area contributed by atoms with Crippen LogP contribution in [0.4, 0.5) is 0 Å². The Morgan fingerprint density at radius 1 is 0.900 bits per heavy atom. The summed E-state index contributed by atoms with van der Waals surface area (Å²) in [6, 6.07) is 11.3. The number of benzene rings is 1. The minimum atomic E-state index is -0.288. The SMILES string of the molecule is O=c1occ(C/C=C/Cc2ccco2)c2ccccc12. The van der Waals surface area contributed by atoms with Crippen LogP contribution < -0.4 is 5.63 Å². The fraction of sp³-hybridized carbons (Fsp3) is 0.118. The predicted molar refractivity (Wildman–Crippen MR) is 77.7 cm³/mol. The topological polar surface area (TPSA) is 43.4 Å². The fourth-order valence-corrected chi connectivity index (χ4v) is 2.19. The molecule has 0 spiro atoms. The van der Waals surface area contributed by atoms with Crippen LogP contribution in [0, 0.1) is 0 Å². The van der Waals surface area contributed by atoms with Gasteiger partial charge in [0.25, 0.3) is 0 Å². The molecule has 3 heteroatoms. The van der Waals surface area contributed by atoms with E-state index in [-0.39, 0.29) is 5.63 Å². The fourth-order valence-electron chi connectivity index (χ4n) is 2.19. The number of rotatable bonds is 4. The Balaban J connectivity index is 1.79. The van der Waals surface area contributed by atoms with Gasteiger partial charge in [0, 0.05) is 6.42 Å². The van der Waals surface area contributed by atoms with Gasteiger partial charge in [0.2, 0.25) is 0 Å². The minimum absolute atomic E-state index is 0.288. The predicted octanol–water partition coefficient (Wildman–Crippen LogP) is 3.73. The van der Waals surface area contributed by atoms with Gasteiger partial charge in [0.1, 0.15) is 5.76 Å². The smallest absolute Gasteiger partial charge is 0.343 e. The highest BCUT2D eigenvalue weighted by Crippen LogP contribution is 2.16. The van der Waals surface area contributed by atoms with E-state index < -0.39 is 0 Å².